The summed E-state index contributed by atoms with van der Waals surface area (Å²) in [6.07, 6.45) is 0.381. The minimum Gasteiger partial charge on any atom is -0.493 e. The lowest BCUT2D eigenvalue weighted by Crippen LogP contribution is -2.60. The number of nitrogens with zero attached hydrogens (tertiary/aromatic N) is 2. The van der Waals surface area contributed by atoms with E-state index >= 15 is 0 Å². The van der Waals surface area contributed by atoms with Gasteiger partial charge in [-0.3, -0.25) is 15.0 Å². The number of hydrogen-bond donors (Lipinski definition) is 3. The third-order valence-corrected chi connectivity index (χ3v) is 10.3. The maximum Gasteiger partial charge on any atom is 0.252 e. The zero-order chi connectivity index (χ0) is 34.7. The van der Waals surface area contributed by atoms with E-state index < -0.39 is 28.1 Å². The summed E-state index contributed by atoms with van der Waals surface area (Å²) < 4.78 is 35.1. The van der Waals surface area contributed by atoms with Gasteiger partial charge in [0.1, 0.15) is 5.75 Å². The highest BCUT2D eigenvalue weighted by molar-refractivity contribution is 7.89. The summed E-state index contributed by atoms with van der Waals surface area (Å²) in [5.41, 5.74) is 5.45. The Bertz CT molecular complexity index is 1590. The van der Waals surface area contributed by atoms with Gasteiger partial charge in [0.25, 0.3) is 5.91 Å². The first-order valence-corrected chi connectivity index (χ1v) is 18.3. The number of fused-ring (bicyclic) bond motifs is 1. The average molecular weight is 679 g/mol. The number of rotatable bonds is 17. The van der Waals surface area contributed by atoms with Crippen LogP contribution in [-0.4, -0.2) is 73.0 Å². The van der Waals surface area contributed by atoms with Crippen LogP contribution in [0.2, 0.25) is 0 Å². The third kappa shape index (κ3) is 10.4. The first kappa shape index (κ1) is 37.1. The Morgan fingerprint density at radius 3 is 2.25 bits per heavy atom. The summed E-state index contributed by atoms with van der Waals surface area (Å²) in [5, 5.41) is 16.3. The molecule has 1 aliphatic rings. The maximum absolute atomic E-state index is 14.1. The summed E-state index contributed by atoms with van der Waals surface area (Å²) in [6.45, 7) is 8.55. The smallest absolute Gasteiger partial charge is 0.252 e. The van der Waals surface area contributed by atoms with Crippen LogP contribution in [0.5, 0.6) is 5.75 Å². The number of sulfonamides is 1. The van der Waals surface area contributed by atoms with Gasteiger partial charge in [0.2, 0.25) is 15.9 Å². The van der Waals surface area contributed by atoms with Crippen molar-refractivity contribution in [2.45, 2.75) is 77.0 Å². The van der Waals surface area contributed by atoms with Crippen molar-refractivity contribution in [3.8, 4) is 5.75 Å². The second-order valence-electron chi connectivity index (χ2n) is 13.0. The number of aliphatic hydroxyl groups excluding tert-OH is 1. The summed E-state index contributed by atoms with van der Waals surface area (Å²) >= 11 is 0. The van der Waals surface area contributed by atoms with E-state index in [0.717, 1.165) is 23.1 Å². The number of nitrogens with one attached hydrogen (secondary N) is 2. The molecule has 3 N–H and O–H groups in total. The highest BCUT2D eigenvalue weighted by Gasteiger charge is 2.36. The lowest BCUT2D eigenvalue weighted by molar-refractivity contribution is -0.148. The highest BCUT2D eigenvalue weighted by atomic mass is 32.2. The Morgan fingerprint density at radius 1 is 0.938 bits per heavy atom. The zero-order valence-electron chi connectivity index (χ0n) is 28.5. The third-order valence-electron chi connectivity index (χ3n) is 8.51. The Kier molecular flexibility index (Phi) is 13.6. The van der Waals surface area contributed by atoms with Crippen LogP contribution in [0.1, 0.15) is 57.2 Å². The van der Waals surface area contributed by atoms with Gasteiger partial charge < -0.3 is 15.2 Å². The van der Waals surface area contributed by atoms with Crippen LogP contribution in [0.15, 0.2) is 83.8 Å². The van der Waals surface area contributed by atoms with Crippen LogP contribution in [0, 0.1) is 11.8 Å². The van der Waals surface area contributed by atoms with Crippen molar-refractivity contribution in [1.82, 2.24) is 20.1 Å². The van der Waals surface area contributed by atoms with E-state index in [4.69, 9.17) is 4.74 Å². The fraction of sp³-hybridized carbons (Fsp3) is 0.459. The van der Waals surface area contributed by atoms with E-state index in [0.29, 0.717) is 25.3 Å². The van der Waals surface area contributed by atoms with Crippen LogP contribution in [0.25, 0.3) is 0 Å². The van der Waals surface area contributed by atoms with Crippen molar-refractivity contribution < 1.29 is 27.9 Å². The predicted molar refractivity (Wildman–Crippen MR) is 186 cm³/mol. The van der Waals surface area contributed by atoms with E-state index in [9.17, 15) is 23.1 Å². The summed E-state index contributed by atoms with van der Waals surface area (Å²) in [6, 6.07) is 22.9. The van der Waals surface area contributed by atoms with Crippen LogP contribution in [-0.2, 0) is 39.0 Å². The number of carbonyl (C=O) groups excluding carboxylic acids is 2. The van der Waals surface area contributed by atoms with Crippen molar-refractivity contribution in [1.29, 1.82) is 0 Å². The zero-order valence-corrected chi connectivity index (χ0v) is 29.3. The van der Waals surface area contributed by atoms with Gasteiger partial charge in [-0.2, -0.15) is 4.31 Å². The van der Waals surface area contributed by atoms with E-state index in [2.05, 4.69) is 10.7 Å². The van der Waals surface area contributed by atoms with Crippen molar-refractivity contribution in [2.75, 3.05) is 26.2 Å². The van der Waals surface area contributed by atoms with E-state index in [1.165, 1.54) is 15.4 Å². The van der Waals surface area contributed by atoms with Crippen molar-refractivity contribution in [3.63, 3.8) is 0 Å². The standard InChI is InChI=1S/C37H50N4O6S/c1-5-28(4)20-37(44)41(39-36(43)24-38-23-30-14-10-7-11-15-30)33(21-29-12-8-6-9-13-29)34(42)26-40(25-27(2)3)48(45,46)32-16-17-35-31(22-32)18-19-47-35/h6-17,22,27-28,33-34,38,42H,5,18-21,23-26H2,1-4H3,(H,39,43)/t28-,33?,34+/m0/s1. The SMILES string of the molecule is CC[C@H](C)CC(=O)N(NC(=O)CNCc1ccccc1)C(Cc1ccccc1)[C@H](O)CN(CC(C)C)S(=O)(=O)c1ccc2c(c1)CCO2. The van der Waals surface area contributed by atoms with E-state index in [-0.39, 0.29) is 55.1 Å². The molecule has 0 fully saturated rings. The molecule has 0 saturated heterocycles. The Morgan fingerprint density at radius 2 is 1.60 bits per heavy atom. The number of ether oxygens (including phenoxy) is 1. The lowest BCUT2D eigenvalue weighted by Gasteiger charge is -2.37. The van der Waals surface area contributed by atoms with Gasteiger partial charge in [0, 0.05) is 32.5 Å². The number of benzene rings is 3. The highest BCUT2D eigenvalue weighted by Crippen LogP contribution is 2.29. The molecule has 0 aromatic heterocycles. The van der Waals surface area contributed by atoms with E-state index in [1.54, 1.807) is 12.1 Å². The van der Waals surface area contributed by atoms with Crippen molar-refractivity contribution in [3.05, 3.63) is 95.6 Å². The van der Waals surface area contributed by atoms with Crippen molar-refractivity contribution in [2.24, 2.45) is 11.8 Å². The van der Waals surface area contributed by atoms with Gasteiger partial charge in [0.05, 0.1) is 30.2 Å². The van der Waals surface area contributed by atoms with Gasteiger partial charge in [-0.05, 0) is 53.1 Å². The second kappa shape index (κ2) is 17.6. The molecule has 3 atom stereocenters. The molecule has 0 aliphatic carbocycles. The molecule has 1 unspecified atom stereocenters. The van der Waals surface area contributed by atoms with E-state index in [1.807, 2.05) is 88.4 Å². The molecule has 260 valence electrons. The maximum atomic E-state index is 14.1. The monoisotopic (exact) mass is 678 g/mol. The summed E-state index contributed by atoms with van der Waals surface area (Å²) in [5.74, 6) is -0.129. The van der Waals surface area contributed by atoms with Crippen LogP contribution < -0.4 is 15.5 Å². The molecule has 4 rings (SSSR count). The molecule has 0 bridgehead atoms. The van der Waals surface area contributed by atoms with Crippen LogP contribution >= 0.6 is 0 Å². The fourth-order valence-electron chi connectivity index (χ4n) is 5.70. The Balaban J connectivity index is 1.63. The minimum absolute atomic E-state index is 0.0317. The molecule has 1 aliphatic heterocycles. The summed E-state index contributed by atoms with van der Waals surface area (Å²) in [7, 11) is -4.03. The van der Waals surface area contributed by atoms with Gasteiger partial charge >= 0.3 is 0 Å². The largest absolute Gasteiger partial charge is 0.493 e. The quantitative estimate of drug-likeness (QED) is 0.182. The molecule has 0 saturated carbocycles. The molecule has 2 amide bonds. The molecule has 0 spiro atoms. The van der Waals surface area contributed by atoms with Gasteiger partial charge in [-0.1, -0.05) is 94.8 Å². The molecule has 1 heterocycles. The predicted octanol–water partition coefficient (Wildman–Crippen LogP) is 4.33. The first-order valence-electron chi connectivity index (χ1n) is 16.8. The molecule has 0 radical (unpaired) electrons. The van der Waals surface area contributed by atoms with Gasteiger partial charge in [-0.15, -0.1) is 0 Å². The molecule has 11 heteroatoms. The number of carbonyl (C=O) groups is 2. The average Bonchev–Trinajstić information content (AvgIpc) is 3.55. The van der Waals surface area contributed by atoms with Crippen molar-refractivity contribution >= 4 is 21.8 Å². The Labute approximate surface area is 285 Å². The van der Waals surface area contributed by atoms with Crippen LogP contribution in [0.3, 0.4) is 0 Å². The number of amides is 2. The number of hydrazine groups is 1. The van der Waals surface area contributed by atoms with Gasteiger partial charge in [-0.25, -0.2) is 13.4 Å². The fourth-order valence-corrected chi connectivity index (χ4v) is 7.37. The molecular formula is C37H50N4O6S. The lowest BCUT2D eigenvalue weighted by atomic mass is 9.98. The normalized spacial score (nSPS) is 14.6. The second-order valence-corrected chi connectivity index (χ2v) is 15.0. The topological polar surface area (TPSA) is 128 Å². The molecule has 10 nitrogen and oxygen atoms in total. The minimum atomic E-state index is -4.03. The van der Waals surface area contributed by atoms with Gasteiger partial charge in [0.15, 0.2) is 0 Å². The first-order chi connectivity index (χ1) is 23.0. The summed E-state index contributed by atoms with van der Waals surface area (Å²) in [4.78, 5) is 27.4. The molecule has 48 heavy (non-hydrogen) atoms. The Hall–Kier alpha value is -3.77. The number of hydrogen-bond acceptors (Lipinski definition) is 7. The van der Waals surface area contributed by atoms with Crippen LogP contribution in [0.4, 0.5) is 0 Å². The molecular weight excluding hydrogens is 628 g/mol. The molecule has 3 aromatic carbocycles. The number of aliphatic hydroxyl groups is 1. The molecule has 3 aromatic rings.